The third kappa shape index (κ3) is 3.61. The van der Waals surface area contributed by atoms with Crippen LogP contribution in [0.2, 0.25) is 0 Å². The number of hydrogen-bond donors (Lipinski definition) is 2. The van der Waals surface area contributed by atoms with Gasteiger partial charge in [-0.05, 0) is 31.5 Å². The lowest BCUT2D eigenvalue weighted by Gasteiger charge is -2.23. The largest absolute Gasteiger partial charge is 0.348 e. The van der Waals surface area contributed by atoms with E-state index in [1.165, 1.54) is 0 Å². The van der Waals surface area contributed by atoms with Gasteiger partial charge in [0.05, 0.1) is 5.56 Å². The Morgan fingerprint density at radius 3 is 2.63 bits per heavy atom. The van der Waals surface area contributed by atoms with E-state index < -0.39 is 28.9 Å². The van der Waals surface area contributed by atoms with Gasteiger partial charge in [-0.25, -0.2) is 13.2 Å². The number of nitrogens with one attached hydrogen (secondary N) is 2. The molecule has 1 atom stereocenters. The maximum Gasteiger partial charge on any atom is 0.254 e. The summed E-state index contributed by atoms with van der Waals surface area (Å²) in [6.07, 6.45) is 1.69. The Labute approximate surface area is 115 Å². The van der Waals surface area contributed by atoms with Crippen molar-refractivity contribution in [1.29, 1.82) is 0 Å². The predicted molar refractivity (Wildman–Crippen MR) is 66.9 cm³/mol. The van der Waals surface area contributed by atoms with E-state index in [-0.39, 0.29) is 18.4 Å². The summed E-state index contributed by atoms with van der Waals surface area (Å²) in [4.78, 5) is 11.7. The fourth-order valence-electron chi connectivity index (χ4n) is 1.94. The summed E-state index contributed by atoms with van der Waals surface area (Å²) in [5.41, 5.74) is -0.473. The molecule has 106 valence electrons. The van der Waals surface area contributed by atoms with Gasteiger partial charge in [-0.15, -0.1) is 12.4 Å². The first-order valence-electron chi connectivity index (χ1n) is 5.74. The minimum Gasteiger partial charge on any atom is -0.348 e. The first kappa shape index (κ1) is 15.8. The Morgan fingerprint density at radius 2 is 2.00 bits per heavy atom. The van der Waals surface area contributed by atoms with E-state index in [1.807, 2.05) is 0 Å². The van der Waals surface area contributed by atoms with E-state index in [2.05, 4.69) is 10.6 Å². The molecule has 7 heteroatoms. The second kappa shape index (κ2) is 6.77. The standard InChI is InChI=1S/C12H13F3N2O.ClH/c13-9-4-3-8(10(14)11(9)15)12(18)17-7-2-1-5-16-6-7;/h3-4,7,16H,1-2,5-6H2,(H,17,18);1H. The highest BCUT2D eigenvalue weighted by molar-refractivity contribution is 5.94. The van der Waals surface area contributed by atoms with Crippen LogP contribution in [0.25, 0.3) is 0 Å². The van der Waals surface area contributed by atoms with Crippen molar-refractivity contribution in [2.75, 3.05) is 13.1 Å². The van der Waals surface area contributed by atoms with Crippen LogP contribution in [0.5, 0.6) is 0 Å². The van der Waals surface area contributed by atoms with Gasteiger partial charge in [0.2, 0.25) is 0 Å². The van der Waals surface area contributed by atoms with Crippen LogP contribution in [0.4, 0.5) is 13.2 Å². The molecule has 1 saturated heterocycles. The van der Waals surface area contributed by atoms with E-state index in [0.29, 0.717) is 6.54 Å². The lowest BCUT2D eigenvalue weighted by molar-refractivity contribution is 0.0925. The number of carbonyl (C=O) groups excluding carboxylic acids is 1. The number of hydrogen-bond acceptors (Lipinski definition) is 2. The summed E-state index contributed by atoms with van der Waals surface area (Å²) in [5, 5.41) is 5.68. The van der Waals surface area contributed by atoms with E-state index in [9.17, 15) is 18.0 Å². The molecule has 1 heterocycles. The van der Waals surface area contributed by atoms with Gasteiger partial charge in [-0.1, -0.05) is 0 Å². The van der Waals surface area contributed by atoms with Crippen LogP contribution in [0.1, 0.15) is 23.2 Å². The number of amides is 1. The molecule has 0 aliphatic carbocycles. The van der Waals surface area contributed by atoms with Crippen LogP contribution >= 0.6 is 12.4 Å². The third-order valence-electron chi connectivity index (χ3n) is 2.91. The Bertz CT molecular complexity index is 465. The maximum absolute atomic E-state index is 13.4. The Kier molecular flexibility index (Phi) is 5.62. The molecule has 0 saturated carbocycles. The highest BCUT2D eigenvalue weighted by atomic mass is 35.5. The molecule has 2 N–H and O–H groups in total. The molecule has 0 aromatic heterocycles. The molecule has 0 radical (unpaired) electrons. The van der Waals surface area contributed by atoms with E-state index in [4.69, 9.17) is 0 Å². The minimum atomic E-state index is -1.62. The number of halogens is 4. The van der Waals surface area contributed by atoms with Gasteiger partial charge < -0.3 is 10.6 Å². The maximum atomic E-state index is 13.4. The first-order valence-corrected chi connectivity index (χ1v) is 5.74. The molecule has 1 aliphatic heterocycles. The monoisotopic (exact) mass is 294 g/mol. The summed E-state index contributed by atoms with van der Waals surface area (Å²) < 4.78 is 39.1. The van der Waals surface area contributed by atoms with Gasteiger partial charge in [0, 0.05) is 12.6 Å². The molecule has 0 bridgehead atoms. The molecular weight excluding hydrogens is 281 g/mol. The highest BCUT2D eigenvalue weighted by Crippen LogP contribution is 2.15. The van der Waals surface area contributed by atoms with Gasteiger partial charge in [-0.2, -0.15) is 0 Å². The molecule has 1 fully saturated rings. The average molecular weight is 295 g/mol. The first-order chi connectivity index (χ1) is 8.59. The molecule has 3 nitrogen and oxygen atoms in total. The van der Waals surface area contributed by atoms with Gasteiger partial charge in [0.15, 0.2) is 17.5 Å². The molecule has 19 heavy (non-hydrogen) atoms. The molecule has 1 aromatic rings. The van der Waals surface area contributed by atoms with Crippen LogP contribution < -0.4 is 10.6 Å². The van der Waals surface area contributed by atoms with Crippen LogP contribution in [-0.2, 0) is 0 Å². The summed E-state index contributed by atoms with van der Waals surface area (Å²) in [6.45, 7) is 1.48. The molecule has 1 unspecified atom stereocenters. The molecule has 1 amide bonds. The number of benzene rings is 1. The lowest BCUT2D eigenvalue weighted by atomic mass is 10.1. The highest BCUT2D eigenvalue weighted by Gasteiger charge is 2.21. The normalized spacial score (nSPS) is 18.6. The van der Waals surface area contributed by atoms with Crippen molar-refractivity contribution < 1.29 is 18.0 Å². The van der Waals surface area contributed by atoms with Gasteiger partial charge in [0.25, 0.3) is 5.91 Å². The fourth-order valence-corrected chi connectivity index (χ4v) is 1.94. The van der Waals surface area contributed by atoms with Crippen LogP contribution in [0.15, 0.2) is 12.1 Å². The summed E-state index contributed by atoms with van der Waals surface area (Å²) in [5.74, 6) is -5.09. The summed E-state index contributed by atoms with van der Waals surface area (Å²) >= 11 is 0. The predicted octanol–water partition coefficient (Wildman–Crippen LogP) is 2.01. The van der Waals surface area contributed by atoms with E-state index in [0.717, 1.165) is 31.5 Å². The van der Waals surface area contributed by atoms with Crippen LogP contribution in [0.3, 0.4) is 0 Å². The Hall–Kier alpha value is -1.27. The second-order valence-electron chi connectivity index (χ2n) is 4.24. The van der Waals surface area contributed by atoms with Crippen molar-refractivity contribution in [3.63, 3.8) is 0 Å². The van der Waals surface area contributed by atoms with Crippen molar-refractivity contribution in [2.45, 2.75) is 18.9 Å². The molecule has 0 spiro atoms. The SMILES string of the molecule is Cl.O=C(NC1CCCNC1)c1ccc(F)c(F)c1F. The zero-order valence-electron chi connectivity index (χ0n) is 10.0. The molecule has 1 aromatic carbocycles. The van der Waals surface area contributed by atoms with Crippen molar-refractivity contribution in [1.82, 2.24) is 10.6 Å². The third-order valence-corrected chi connectivity index (χ3v) is 2.91. The summed E-state index contributed by atoms with van der Waals surface area (Å²) in [6, 6.07) is 1.57. The zero-order chi connectivity index (χ0) is 13.1. The van der Waals surface area contributed by atoms with Crippen LogP contribution in [0, 0.1) is 17.5 Å². The molecular formula is C12H14ClF3N2O. The second-order valence-corrected chi connectivity index (χ2v) is 4.24. The number of rotatable bonds is 2. The van der Waals surface area contributed by atoms with Crippen LogP contribution in [-0.4, -0.2) is 25.0 Å². The van der Waals surface area contributed by atoms with Crippen molar-refractivity contribution in [3.8, 4) is 0 Å². The van der Waals surface area contributed by atoms with Crippen molar-refractivity contribution in [3.05, 3.63) is 35.1 Å². The summed E-state index contributed by atoms with van der Waals surface area (Å²) in [7, 11) is 0. The minimum absolute atomic E-state index is 0. The Morgan fingerprint density at radius 1 is 1.26 bits per heavy atom. The van der Waals surface area contributed by atoms with Crippen molar-refractivity contribution >= 4 is 18.3 Å². The topological polar surface area (TPSA) is 41.1 Å². The van der Waals surface area contributed by atoms with Gasteiger partial charge in [0.1, 0.15) is 0 Å². The fraction of sp³-hybridized carbons (Fsp3) is 0.417. The molecule has 1 aliphatic rings. The smallest absolute Gasteiger partial charge is 0.254 e. The van der Waals surface area contributed by atoms with Gasteiger partial charge in [-0.3, -0.25) is 4.79 Å². The van der Waals surface area contributed by atoms with E-state index in [1.54, 1.807) is 0 Å². The lowest BCUT2D eigenvalue weighted by Crippen LogP contribution is -2.45. The average Bonchev–Trinajstić information content (AvgIpc) is 2.37. The van der Waals surface area contributed by atoms with Crippen molar-refractivity contribution in [2.24, 2.45) is 0 Å². The number of piperidine rings is 1. The van der Waals surface area contributed by atoms with E-state index >= 15 is 0 Å². The molecule has 2 rings (SSSR count). The Balaban J connectivity index is 0.00000180. The zero-order valence-corrected chi connectivity index (χ0v) is 10.8. The number of carbonyl (C=O) groups is 1. The quantitative estimate of drug-likeness (QED) is 0.819. The van der Waals surface area contributed by atoms with Gasteiger partial charge >= 0.3 is 0 Å².